The highest BCUT2D eigenvalue weighted by molar-refractivity contribution is 4.99. The Balaban J connectivity index is 2.19. The zero-order chi connectivity index (χ0) is 14.6. The van der Waals surface area contributed by atoms with E-state index in [1.165, 1.54) is 0 Å². The summed E-state index contributed by atoms with van der Waals surface area (Å²) >= 11 is 0. The summed E-state index contributed by atoms with van der Waals surface area (Å²) in [5.74, 6) is 0.182. The van der Waals surface area contributed by atoms with Crippen LogP contribution in [-0.2, 0) is 0 Å². The van der Waals surface area contributed by atoms with Crippen molar-refractivity contribution in [3.05, 3.63) is 0 Å². The van der Waals surface area contributed by atoms with E-state index >= 15 is 0 Å². The first-order chi connectivity index (χ1) is 8.46. The molecule has 0 aromatic rings. The van der Waals surface area contributed by atoms with Crippen molar-refractivity contribution in [1.29, 1.82) is 0 Å². The highest BCUT2D eigenvalue weighted by Gasteiger charge is 2.68. The fraction of sp³-hybridized carbons (Fsp3) is 1.00. The lowest BCUT2D eigenvalue weighted by Gasteiger charge is -2.39. The summed E-state index contributed by atoms with van der Waals surface area (Å²) in [7, 11) is 0. The molecule has 4 unspecified atom stereocenters. The Morgan fingerprint density at radius 1 is 0.895 bits per heavy atom. The second kappa shape index (κ2) is 4.29. The third-order valence-corrected chi connectivity index (χ3v) is 5.20. The second-order valence-corrected chi connectivity index (χ2v) is 6.51. The Bertz CT molecular complexity index is 328. The topological polar surface area (TPSA) is 0 Å². The van der Waals surface area contributed by atoms with Gasteiger partial charge >= 0.3 is 12.4 Å². The van der Waals surface area contributed by atoms with E-state index in [0.717, 1.165) is 12.8 Å². The van der Waals surface area contributed by atoms with Crippen molar-refractivity contribution in [3.8, 4) is 0 Å². The Morgan fingerprint density at radius 3 is 1.79 bits per heavy atom. The number of halogens is 6. The molecule has 0 aromatic heterocycles. The SMILES string of the molecule is CC1CC2CC(CC(C)(C(F)(F)F)C(F)(F)F)C1C2. The van der Waals surface area contributed by atoms with Crippen molar-refractivity contribution in [2.45, 2.75) is 51.9 Å². The quantitative estimate of drug-likeness (QED) is 0.613. The molecule has 0 heterocycles. The first kappa shape index (κ1) is 15.0. The van der Waals surface area contributed by atoms with Gasteiger partial charge in [-0.1, -0.05) is 6.92 Å². The van der Waals surface area contributed by atoms with Gasteiger partial charge in [0, 0.05) is 0 Å². The molecule has 2 aliphatic carbocycles. The predicted octanol–water partition coefficient (Wildman–Crippen LogP) is 5.19. The van der Waals surface area contributed by atoms with Gasteiger partial charge in [-0.15, -0.1) is 0 Å². The minimum absolute atomic E-state index is 0.0361. The Hall–Kier alpha value is -0.420. The molecule has 2 fully saturated rings. The standard InChI is InChI=1S/C13H18F6/c1-7-3-8-4-9(10(7)5-8)6-11(2,12(14,15)16)13(17,18)19/h7-10H,3-6H2,1-2H3. The molecule has 4 atom stereocenters. The minimum Gasteiger partial charge on any atom is -0.170 e. The van der Waals surface area contributed by atoms with Crippen molar-refractivity contribution in [1.82, 2.24) is 0 Å². The van der Waals surface area contributed by atoms with E-state index in [4.69, 9.17) is 0 Å². The maximum atomic E-state index is 12.9. The molecule has 0 aliphatic heterocycles. The molecule has 2 rings (SSSR count). The van der Waals surface area contributed by atoms with E-state index in [9.17, 15) is 26.3 Å². The van der Waals surface area contributed by atoms with E-state index in [1.807, 2.05) is 6.92 Å². The lowest BCUT2D eigenvalue weighted by atomic mass is 9.71. The summed E-state index contributed by atoms with van der Waals surface area (Å²) in [6.07, 6.45) is -9.01. The lowest BCUT2D eigenvalue weighted by molar-refractivity contribution is -0.340. The van der Waals surface area contributed by atoms with E-state index in [-0.39, 0.29) is 11.8 Å². The van der Waals surface area contributed by atoms with Crippen molar-refractivity contribution >= 4 is 0 Å². The van der Waals surface area contributed by atoms with Gasteiger partial charge in [-0.05, 0) is 56.3 Å². The van der Waals surface area contributed by atoms with Crippen molar-refractivity contribution in [3.63, 3.8) is 0 Å². The highest BCUT2D eigenvalue weighted by atomic mass is 19.4. The molecular weight excluding hydrogens is 270 g/mol. The van der Waals surface area contributed by atoms with Crippen LogP contribution in [0.2, 0.25) is 0 Å². The monoisotopic (exact) mass is 288 g/mol. The minimum atomic E-state index is -5.24. The second-order valence-electron chi connectivity index (χ2n) is 6.51. The summed E-state index contributed by atoms with van der Waals surface area (Å²) in [5, 5.41) is 0. The molecule has 0 aromatic carbocycles. The van der Waals surface area contributed by atoms with E-state index in [2.05, 4.69) is 0 Å². The van der Waals surface area contributed by atoms with Crippen LogP contribution in [0.25, 0.3) is 0 Å². The summed E-state index contributed by atoms with van der Waals surface area (Å²) < 4.78 is 77.2. The molecule has 19 heavy (non-hydrogen) atoms. The van der Waals surface area contributed by atoms with Crippen molar-refractivity contribution < 1.29 is 26.3 Å². The molecule has 2 aliphatic rings. The number of fused-ring (bicyclic) bond motifs is 2. The van der Waals surface area contributed by atoms with Gasteiger partial charge in [-0.3, -0.25) is 0 Å². The zero-order valence-electron chi connectivity index (χ0n) is 10.9. The van der Waals surface area contributed by atoms with E-state index in [1.54, 1.807) is 0 Å². The molecule has 2 bridgehead atoms. The number of hydrogen-bond donors (Lipinski definition) is 0. The van der Waals surface area contributed by atoms with Crippen LogP contribution >= 0.6 is 0 Å². The lowest BCUT2D eigenvalue weighted by Crippen LogP contribution is -2.49. The van der Waals surface area contributed by atoms with Crippen LogP contribution in [0.15, 0.2) is 0 Å². The van der Waals surface area contributed by atoms with Gasteiger partial charge in [0.2, 0.25) is 0 Å². The van der Waals surface area contributed by atoms with Crippen LogP contribution < -0.4 is 0 Å². The summed E-state index contributed by atoms with van der Waals surface area (Å²) in [5.41, 5.74) is -3.57. The fourth-order valence-corrected chi connectivity index (χ4v) is 4.02. The zero-order valence-corrected chi connectivity index (χ0v) is 10.9. The van der Waals surface area contributed by atoms with Gasteiger partial charge in [-0.25, -0.2) is 0 Å². The smallest absolute Gasteiger partial charge is 0.170 e. The maximum absolute atomic E-state index is 12.9. The average Bonchev–Trinajstić information content (AvgIpc) is 2.72. The van der Waals surface area contributed by atoms with Crippen LogP contribution in [0.3, 0.4) is 0 Å². The predicted molar refractivity (Wildman–Crippen MR) is 58.3 cm³/mol. The van der Waals surface area contributed by atoms with Crippen LogP contribution in [0.4, 0.5) is 26.3 Å². The molecule has 0 radical (unpaired) electrons. The van der Waals surface area contributed by atoms with Crippen molar-refractivity contribution in [2.24, 2.45) is 29.1 Å². The van der Waals surface area contributed by atoms with Crippen molar-refractivity contribution in [2.75, 3.05) is 0 Å². The molecule has 0 nitrogen and oxygen atoms in total. The molecular formula is C13H18F6. The van der Waals surface area contributed by atoms with Gasteiger partial charge in [0.15, 0.2) is 5.41 Å². The average molecular weight is 288 g/mol. The first-order valence-electron chi connectivity index (χ1n) is 6.59. The normalized spacial score (nSPS) is 36.0. The number of rotatable bonds is 2. The Kier molecular flexibility index (Phi) is 3.38. The Morgan fingerprint density at radius 2 is 1.42 bits per heavy atom. The molecule has 0 amide bonds. The first-order valence-corrected chi connectivity index (χ1v) is 6.59. The molecule has 112 valence electrons. The Labute approximate surface area is 108 Å². The molecule has 0 N–H and O–H groups in total. The fourth-order valence-electron chi connectivity index (χ4n) is 4.02. The molecule has 6 heteroatoms. The van der Waals surface area contributed by atoms with Gasteiger partial charge in [0.25, 0.3) is 0 Å². The highest BCUT2D eigenvalue weighted by Crippen LogP contribution is 2.60. The van der Waals surface area contributed by atoms with Crippen LogP contribution in [-0.4, -0.2) is 12.4 Å². The van der Waals surface area contributed by atoms with Gasteiger partial charge < -0.3 is 0 Å². The van der Waals surface area contributed by atoms with Gasteiger partial charge in [0.1, 0.15) is 0 Å². The van der Waals surface area contributed by atoms with Crippen LogP contribution in [0.5, 0.6) is 0 Å². The molecule has 0 saturated heterocycles. The van der Waals surface area contributed by atoms with Crippen LogP contribution in [0, 0.1) is 29.1 Å². The largest absolute Gasteiger partial charge is 0.402 e. The number of hydrogen-bond acceptors (Lipinski definition) is 0. The van der Waals surface area contributed by atoms with Crippen LogP contribution in [0.1, 0.15) is 39.5 Å². The van der Waals surface area contributed by atoms with Gasteiger partial charge in [0.05, 0.1) is 0 Å². The van der Waals surface area contributed by atoms with Gasteiger partial charge in [-0.2, -0.15) is 26.3 Å². The van der Waals surface area contributed by atoms with E-state index in [0.29, 0.717) is 19.3 Å². The maximum Gasteiger partial charge on any atom is 0.402 e. The third kappa shape index (κ3) is 2.35. The summed E-state index contributed by atoms with van der Waals surface area (Å²) in [4.78, 5) is 0. The number of alkyl halides is 6. The third-order valence-electron chi connectivity index (χ3n) is 5.20. The molecule has 0 spiro atoms. The summed E-state index contributed by atoms with van der Waals surface area (Å²) in [6, 6.07) is 0. The summed E-state index contributed by atoms with van der Waals surface area (Å²) in [6.45, 7) is 2.25. The van der Waals surface area contributed by atoms with E-state index < -0.39 is 30.1 Å². The molecule has 2 saturated carbocycles.